The number of rotatable bonds is 6. The van der Waals surface area contributed by atoms with Crippen molar-refractivity contribution >= 4 is 23.3 Å². The molecule has 0 bridgehead atoms. The number of anilines is 1. The highest BCUT2D eigenvalue weighted by Crippen LogP contribution is 2.42. The van der Waals surface area contributed by atoms with Crippen LogP contribution in [0.4, 0.5) is 5.69 Å². The molecule has 2 aromatic rings. The highest BCUT2D eigenvalue weighted by atomic mass is 16.5. The van der Waals surface area contributed by atoms with E-state index in [4.69, 9.17) is 4.74 Å². The third-order valence-corrected chi connectivity index (χ3v) is 4.95. The van der Waals surface area contributed by atoms with Crippen molar-refractivity contribution in [2.24, 2.45) is 0 Å². The van der Waals surface area contributed by atoms with Gasteiger partial charge >= 0.3 is 5.97 Å². The third kappa shape index (κ3) is 3.66. The van der Waals surface area contributed by atoms with E-state index in [1.54, 1.807) is 32.0 Å². The van der Waals surface area contributed by atoms with Crippen LogP contribution >= 0.6 is 0 Å². The lowest BCUT2D eigenvalue weighted by Gasteiger charge is -2.28. The van der Waals surface area contributed by atoms with Gasteiger partial charge in [-0.15, -0.1) is 0 Å². The second-order valence-corrected chi connectivity index (χ2v) is 6.74. The highest BCUT2D eigenvalue weighted by molar-refractivity contribution is 6.16. The predicted molar refractivity (Wildman–Crippen MR) is 109 cm³/mol. The van der Waals surface area contributed by atoms with E-state index >= 15 is 0 Å². The molecule has 6 nitrogen and oxygen atoms in total. The maximum Gasteiger partial charge on any atom is 0.338 e. The van der Waals surface area contributed by atoms with E-state index < -0.39 is 23.7 Å². The lowest BCUT2D eigenvalue weighted by Crippen LogP contribution is -2.31. The molecule has 0 saturated heterocycles. The Balaban J connectivity index is 2.16. The number of esters is 1. The number of nitrogens with zero attached hydrogens (tertiary/aromatic N) is 1. The molecule has 0 spiro atoms. The van der Waals surface area contributed by atoms with Gasteiger partial charge in [-0.1, -0.05) is 37.3 Å². The molecule has 0 radical (unpaired) electrons. The highest BCUT2D eigenvalue weighted by Gasteiger charge is 2.44. The fraction of sp³-hybridized carbons (Fsp3) is 0.261. The van der Waals surface area contributed by atoms with Crippen LogP contribution < -0.4 is 4.90 Å². The van der Waals surface area contributed by atoms with E-state index in [0.717, 1.165) is 11.1 Å². The van der Waals surface area contributed by atoms with Crippen molar-refractivity contribution in [1.82, 2.24) is 0 Å². The van der Waals surface area contributed by atoms with Crippen molar-refractivity contribution < 1.29 is 24.2 Å². The third-order valence-electron chi connectivity index (χ3n) is 4.95. The SMILES string of the molecule is CCOC(=O)c1cccc(N2C(=O)C(O)=C(C(=O)CC)C2c2ccccc2C)c1. The van der Waals surface area contributed by atoms with E-state index in [2.05, 4.69) is 0 Å². The van der Waals surface area contributed by atoms with Crippen LogP contribution in [-0.2, 0) is 14.3 Å². The van der Waals surface area contributed by atoms with Crippen LogP contribution in [0.15, 0.2) is 59.9 Å². The van der Waals surface area contributed by atoms with Gasteiger partial charge < -0.3 is 9.84 Å². The van der Waals surface area contributed by atoms with Crippen LogP contribution in [-0.4, -0.2) is 29.4 Å². The Morgan fingerprint density at radius 2 is 1.83 bits per heavy atom. The summed E-state index contributed by atoms with van der Waals surface area (Å²) in [4.78, 5) is 39.1. The molecule has 1 aliphatic rings. The van der Waals surface area contributed by atoms with Crippen molar-refractivity contribution in [2.75, 3.05) is 11.5 Å². The Morgan fingerprint density at radius 1 is 1.10 bits per heavy atom. The summed E-state index contributed by atoms with van der Waals surface area (Å²) in [5.41, 5.74) is 2.39. The number of aryl methyl sites for hydroxylation is 1. The Kier molecular flexibility index (Phi) is 5.82. The largest absolute Gasteiger partial charge is 0.503 e. The topological polar surface area (TPSA) is 83.9 Å². The number of aliphatic hydroxyl groups is 1. The number of ether oxygens (including phenoxy) is 1. The van der Waals surface area contributed by atoms with Gasteiger partial charge in [-0.25, -0.2) is 4.79 Å². The number of carbonyl (C=O) groups excluding carboxylic acids is 3. The van der Waals surface area contributed by atoms with Crippen LogP contribution in [0.5, 0.6) is 0 Å². The van der Waals surface area contributed by atoms with E-state index in [1.807, 2.05) is 31.2 Å². The summed E-state index contributed by atoms with van der Waals surface area (Å²) in [7, 11) is 0. The van der Waals surface area contributed by atoms with Crippen molar-refractivity contribution in [3.05, 3.63) is 76.6 Å². The molecule has 1 heterocycles. The molecule has 150 valence electrons. The molecular formula is C23H23NO5. The quantitative estimate of drug-likeness (QED) is 0.749. The minimum atomic E-state index is -0.770. The average molecular weight is 393 g/mol. The Labute approximate surface area is 169 Å². The van der Waals surface area contributed by atoms with E-state index in [1.165, 1.54) is 11.0 Å². The van der Waals surface area contributed by atoms with Gasteiger partial charge in [-0.3, -0.25) is 14.5 Å². The zero-order valence-corrected chi connectivity index (χ0v) is 16.6. The monoisotopic (exact) mass is 393 g/mol. The number of amides is 1. The lowest BCUT2D eigenvalue weighted by atomic mass is 9.92. The van der Waals surface area contributed by atoms with Gasteiger partial charge in [0, 0.05) is 12.1 Å². The molecule has 6 heteroatoms. The first kappa shape index (κ1) is 20.3. The number of ketones is 1. The normalized spacial score (nSPS) is 16.3. The molecule has 2 aromatic carbocycles. The average Bonchev–Trinajstić information content (AvgIpc) is 2.99. The number of hydrogen-bond acceptors (Lipinski definition) is 5. The fourth-order valence-corrected chi connectivity index (χ4v) is 3.53. The number of hydrogen-bond donors (Lipinski definition) is 1. The number of aliphatic hydroxyl groups excluding tert-OH is 1. The van der Waals surface area contributed by atoms with Gasteiger partial charge in [0.15, 0.2) is 11.5 Å². The van der Waals surface area contributed by atoms with Crippen LogP contribution in [0.1, 0.15) is 47.8 Å². The summed E-state index contributed by atoms with van der Waals surface area (Å²) >= 11 is 0. The molecule has 3 rings (SSSR count). The van der Waals surface area contributed by atoms with Gasteiger partial charge in [0.25, 0.3) is 5.91 Å². The second-order valence-electron chi connectivity index (χ2n) is 6.74. The molecule has 0 aromatic heterocycles. The van der Waals surface area contributed by atoms with Crippen LogP contribution in [0.2, 0.25) is 0 Å². The van der Waals surface area contributed by atoms with Gasteiger partial charge in [0.2, 0.25) is 0 Å². The molecule has 1 unspecified atom stereocenters. The number of Topliss-reactive ketones (excluding diaryl/α,β-unsaturated/α-hetero) is 1. The standard InChI is InChI=1S/C23H23NO5/c1-4-18(25)19-20(17-12-7-6-9-14(17)3)24(22(27)21(19)26)16-11-8-10-15(13-16)23(28)29-5-2/h6-13,20,26H,4-5H2,1-3H3. The molecule has 1 amide bonds. The van der Waals surface area contributed by atoms with Gasteiger partial charge in [0.1, 0.15) is 0 Å². The summed E-state index contributed by atoms with van der Waals surface area (Å²) in [5.74, 6) is -2.02. The van der Waals surface area contributed by atoms with Gasteiger partial charge in [-0.2, -0.15) is 0 Å². The van der Waals surface area contributed by atoms with Gasteiger partial charge in [-0.05, 0) is 43.2 Å². The maximum absolute atomic E-state index is 13.0. The van der Waals surface area contributed by atoms with Crippen molar-refractivity contribution in [3.8, 4) is 0 Å². The minimum Gasteiger partial charge on any atom is -0.503 e. The zero-order chi connectivity index (χ0) is 21.1. The zero-order valence-electron chi connectivity index (χ0n) is 16.6. The molecule has 0 fully saturated rings. The first-order valence-corrected chi connectivity index (χ1v) is 9.53. The smallest absolute Gasteiger partial charge is 0.338 e. The molecule has 1 N–H and O–H groups in total. The Morgan fingerprint density at radius 3 is 2.48 bits per heavy atom. The lowest BCUT2D eigenvalue weighted by molar-refractivity contribution is -0.118. The minimum absolute atomic E-state index is 0.0772. The van der Waals surface area contributed by atoms with Gasteiger partial charge in [0.05, 0.1) is 23.8 Å². The summed E-state index contributed by atoms with van der Waals surface area (Å²) in [6.45, 7) is 5.52. The van der Waals surface area contributed by atoms with E-state index in [-0.39, 0.29) is 29.9 Å². The molecule has 1 atom stereocenters. The second kappa shape index (κ2) is 8.31. The summed E-state index contributed by atoms with van der Waals surface area (Å²) < 4.78 is 5.04. The van der Waals surface area contributed by atoms with E-state index in [0.29, 0.717) is 5.69 Å². The first-order valence-electron chi connectivity index (χ1n) is 9.53. The fourth-order valence-electron chi connectivity index (χ4n) is 3.53. The van der Waals surface area contributed by atoms with Crippen molar-refractivity contribution in [3.63, 3.8) is 0 Å². The molecular weight excluding hydrogens is 370 g/mol. The maximum atomic E-state index is 13.0. The number of benzene rings is 2. The first-order chi connectivity index (χ1) is 13.9. The molecule has 0 saturated carbocycles. The summed E-state index contributed by atoms with van der Waals surface area (Å²) in [5, 5.41) is 10.6. The van der Waals surface area contributed by atoms with Crippen LogP contribution in [0.25, 0.3) is 0 Å². The summed E-state index contributed by atoms with van der Waals surface area (Å²) in [6, 6.07) is 13.1. The number of carbonyl (C=O) groups is 3. The predicted octanol–water partition coefficient (Wildman–Crippen LogP) is 4.05. The van der Waals surface area contributed by atoms with Crippen molar-refractivity contribution in [1.29, 1.82) is 0 Å². The van der Waals surface area contributed by atoms with E-state index in [9.17, 15) is 19.5 Å². The Bertz CT molecular complexity index is 1010. The Hall–Kier alpha value is -3.41. The molecule has 29 heavy (non-hydrogen) atoms. The summed E-state index contributed by atoms with van der Waals surface area (Å²) in [6.07, 6.45) is 0.158. The molecule has 1 aliphatic heterocycles. The van der Waals surface area contributed by atoms with Crippen LogP contribution in [0, 0.1) is 6.92 Å². The van der Waals surface area contributed by atoms with Crippen LogP contribution in [0.3, 0.4) is 0 Å². The van der Waals surface area contributed by atoms with Crippen molar-refractivity contribution in [2.45, 2.75) is 33.2 Å². The molecule has 0 aliphatic carbocycles.